The van der Waals surface area contributed by atoms with Crippen LogP contribution < -0.4 is 9.58 Å². The SMILES string of the molecule is F[n+]1ccc(-c2cccc[n+]2F)cc1.O=S(=O)([O-])C(F)(F)F.O=S(=O)([O-])C(F)(F)F. The van der Waals surface area contributed by atoms with Crippen LogP contribution >= 0.6 is 0 Å². The number of halogens is 8. The molecule has 2 heterocycles. The van der Waals surface area contributed by atoms with Crippen molar-refractivity contribution >= 4 is 20.2 Å². The van der Waals surface area contributed by atoms with E-state index in [9.17, 15) is 35.3 Å². The summed E-state index contributed by atoms with van der Waals surface area (Å²) in [4.78, 5) is 0.910. The van der Waals surface area contributed by atoms with Crippen molar-refractivity contribution < 1.29 is 70.8 Å². The molecule has 2 aromatic heterocycles. The predicted molar refractivity (Wildman–Crippen MR) is 76.8 cm³/mol. The zero-order valence-electron chi connectivity index (χ0n) is 13.8. The minimum absolute atomic E-state index is 0.396. The van der Waals surface area contributed by atoms with E-state index in [0.29, 0.717) is 20.8 Å². The van der Waals surface area contributed by atoms with E-state index in [1.807, 2.05) is 0 Å². The van der Waals surface area contributed by atoms with Crippen LogP contribution in [0.15, 0.2) is 48.9 Å². The maximum atomic E-state index is 13.2. The molecule has 0 aliphatic heterocycles. The summed E-state index contributed by atoms with van der Waals surface area (Å²) < 4.78 is 144. The average Bonchev–Trinajstić information content (AvgIpc) is 2.54. The first kappa shape index (κ1) is 27.6. The van der Waals surface area contributed by atoms with Gasteiger partial charge in [-0.3, -0.25) is 0 Å². The monoisotopic (exact) mass is 492 g/mol. The van der Waals surface area contributed by atoms with Gasteiger partial charge in [0, 0.05) is 33.8 Å². The largest absolute Gasteiger partial charge is 0.741 e. The number of rotatable bonds is 1. The van der Waals surface area contributed by atoms with Crippen molar-refractivity contribution in [1.29, 1.82) is 0 Å². The molecule has 0 unspecified atom stereocenters. The van der Waals surface area contributed by atoms with Crippen LogP contribution in [0.1, 0.15) is 0 Å². The van der Waals surface area contributed by atoms with Crippen molar-refractivity contribution in [3.05, 3.63) is 48.9 Å². The molecule has 0 saturated carbocycles. The fraction of sp³-hybridized carbons (Fsp3) is 0.167. The van der Waals surface area contributed by atoms with Crippen LogP contribution in [0.25, 0.3) is 11.3 Å². The molecular formula is C12H8F8N2O6S2. The molecule has 0 spiro atoms. The number of nitrogens with zero attached hydrogens (tertiary/aromatic N) is 2. The van der Waals surface area contributed by atoms with E-state index in [4.69, 9.17) is 25.9 Å². The minimum atomic E-state index is -6.09. The Bertz CT molecular complexity index is 996. The zero-order chi connectivity index (χ0) is 24.0. The number of hydrogen-bond acceptors (Lipinski definition) is 6. The summed E-state index contributed by atoms with van der Waals surface area (Å²) >= 11 is 0. The molecule has 0 aliphatic carbocycles. The van der Waals surface area contributed by atoms with Crippen molar-refractivity contribution in [3.63, 3.8) is 0 Å². The Kier molecular flexibility index (Phi) is 9.23. The molecule has 0 aliphatic rings. The predicted octanol–water partition coefficient (Wildman–Crippen LogP) is 1.50. The Morgan fingerprint density at radius 1 is 0.700 bits per heavy atom. The molecule has 0 radical (unpaired) electrons. The number of aromatic nitrogens is 2. The highest BCUT2D eigenvalue weighted by Crippen LogP contribution is 2.21. The number of pyridine rings is 2. The van der Waals surface area contributed by atoms with Gasteiger partial charge in [-0.05, 0) is 6.07 Å². The third kappa shape index (κ3) is 9.37. The molecule has 2 aromatic rings. The van der Waals surface area contributed by atoms with E-state index in [2.05, 4.69) is 0 Å². The molecule has 0 bridgehead atoms. The lowest BCUT2D eigenvalue weighted by Gasteiger charge is -2.08. The lowest BCUT2D eigenvalue weighted by Crippen LogP contribution is -2.25. The Morgan fingerprint density at radius 3 is 1.37 bits per heavy atom. The first-order valence-corrected chi connectivity index (χ1v) is 9.48. The summed E-state index contributed by atoms with van der Waals surface area (Å²) in [6, 6.07) is 7.94. The molecule has 0 saturated heterocycles. The average molecular weight is 492 g/mol. The molecule has 2 rings (SSSR count). The van der Waals surface area contributed by atoms with Crippen LogP contribution in [0.5, 0.6) is 0 Å². The highest BCUT2D eigenvalue weighted by Gasteiger charge is 2.37. The van der Waals surface area contributed by atoms with E-state index in [1.54, 1.807) is 18.2 Å². The third-order valence-corrected chi connectivity index (χ3v) is 3.60. The van der Waals surface area contributed by atoms with Gasteiger partial charge < -0.3 is 9.11 Å². The second kappa shape index (κ2) is 10.0. The molecule has 0 aromatic carbocycles. The van der Waals surface area contributed by atoms with Crippen LogP contribution in [-0.4, -0.2) is 37.0 Å². The molecule has 8 nitrogen and oxygen atoms in total. The van der Waals surface area contributed by atoms with Crippen LogP contribution in [0.4, 0.5) is 35.3 Å². The number of hydrogen-bond donors (Lipinski definition) is 0. The quantitative estimate of drug-likeness (QED) is 0.338. The molecule has 0 N–H and O–H groups in total. The van der Waals surface area contributed by atoms with Crippen molar-refractivity contribution in [1.82, 2.24) is 0 Å². The Morgan fingerprint density at radius 2 is 1.07 bits per heavy atom. The summed E-state index contributed by atoms with van der Waals surface area (Å²) in [6.45, 7) is 0. The van der Waals surface area contributed by atoms with Gasteiger partial charge in [0.1, 0.15) is 0 Å². The van der Waals surface area contributed by atoms with Crippen molar-refractivity contribution in [2.24, 2.45) is 0 Å². The molecule has 18 heteroatoms. The first-order chi connectivity index (χ1) is 13.3. The van der Waals surface area contributed by atoms with Crippen molar-refractivity contribution in [2.45, 2.75) is 11.0 Å². The van der Waals surface area contributed by atoms with Crippen molar-refractivity contribution in [3.8, 4) is 11.3 Å². The summed E-state index contributed by atoms with van der Waals surface area (Å²) in [5, 5.41) is 0. The Labute approximate surface area is 163 Å². The fourth-order valence-electron chi connectivity index (χ4n) is 1.22. The standard InChI is InChI=1S/C10H8F2N2.2CHF3O3S/c11-13-7-4-9(5-8-13)10-3-1-2-6-14(10)12;2*2-1(3,4)8(5,6)7/h1-8H;2*(H,5,6,7)/q+2;;/p-2. The summed E-state index contributed by atoms with van der Waals surface area (Å²) in [5.41, 5.74) is -10.3. The first-order valence-electron chi connectivity index (χ1n) is 6.66. The lowest BCUT2D eigenvalue weighted by molar-refractivity contribution is -0.844. The third-order valence-electron chi connectivity index (χ3n) is 2.47. The van der Waals surface area contributed by atoms with Crippen LogP contribution in [0.3, 0.4) is 0 Å². The summed E-state index contributed by atoms with van der Waals surface area (Å²) in [7, 11) is -12.2. The van der Waals surface area contributed by atoms with E-state index in [1.165, 1.54) is 30.7 Å². The van der Waals surface area contributed by atoms with Gasteiger partial charge in [0.25, 0.3) is 5.69 Å². The van der Waals surface area contributed by atoms with Gasteiger partial charge >= 0.3 is 11.0 Å². The van der Waals surface area contributed by atoms with E-state index >= 15 is 0 Å². The second-order valence-corrected chi connectivity index (χ2v) is 7.37. The van der Waals surface area contributed by atoms with E-state index in [0.717, 1.165) is 0 Å². The minimum Gasteiger partial charge on any atom is -0.741 e. The smallest absolute Gasteiger partial charge is 0.485 e. The van der Waals surface area contributed by atoms with Gasteiger partial charge in [0.05, 0.1) is 14.5 Å². The second-order valence-electron chi connectivity index (χ2n) is 4.63. The lowest BCUT2D eigenvalue weighted by atomic mass is 10.2. The van der Waals surface area contributed by atoms with Gasteiger partial charge in [0.2, 0.25) is 18.6 Å². The summed E-state index contributed by atoms with van der Waals surface area (Å²) in [6.07, 6.45) is 3.75. The molecule has 170 valence electrons. The Balaban J connectivity index is 0.000000456. The van der Waals surface area contributed by atoms with Gasteiger partial charge in [0.15, 0.2) is 20.2 Å². The highest BCUT2D eigenvalue weighted by atomic mass is 32.2. The normalized spacial score (nSPS) is 12.2. The molecular weight excluding hydrogens is 484 g/mol. The fourth-order valence-corrected chi connectivity index (χ4v) is 1.22. The number of alkyl halides is 6. The summed E-state index contributed by atoms with van der Waals surface area (Å²) in [5.74, 6) is 0. The van der Waals surface area contributed by atoms with Crippen LogP contribution in [-0.2, 0) is 20.2 Å². The van der Waals surface area contributed by atoms with Crippen LogP contribution in [0.2, 0.25) is 0 Å². The van der Waals surface area contributed by atoms with Gasteiger partial charge in [-0.1, -0.05) is 0 Å². The molecule has 0 atom stereocenters. The van der Waals surface area contributed by atoms with E-state index < -0.39 is 31.3 Å². The van der Waals surface area contributed by atoms with Gasteiger partial charge in [-0.2, -0.15) is 26.3 Å². The molecule has 0 fully saturated rings. The maximum absolute atomic E-state index is 13.2. The topological polar surface area (TPSA) is 122 Å². The molecule has 30 heavy (non-hydrogen) atoms. The zero-order valence-corrected chi connectivity index (χ0v) is 15.4. The highest BCUT2D eigenvalue weighted by molar-refractivity contribution is 7.86. The molecule has 0 amide bonds. The Hall–Kier alpha value is -2.44. The van der Waals surface area contributed by atoms with Crippen molar-refractivity contribution in [2.75, 3.05) is 0 Å². The van der Waals surface area contributed by atoms with Gasteiger partial charge in [-0.15, -0.1) is 0 Å². The van der Waals surface area contributed by atoms with E-state index in [-0.39, 0.29) is 0 Å². The van der Waals surface area contributed by atoms with Crippen LogP contribution in [0, 0.1) is 0 Å². The maximum Gasteiger partial charge on any atom is 0.485 e. The van der Waals surface area contributed by atoms with Gasteiger partial charge in [-0.25, -0.2) is 16.8 Å².